The molecule has 5 rings (SSSR count). The van der Waals surface area contributed by atoms with E-state index in [2.05, 4.69) is 0 Å². The molecule has 0 bridgehead atoms. The van der Waals surface area contributed by atoms with Gasteiger partial charge in [0.05, 0.1) is 28.1 Å². The lowest BCUT2D eigenvalue weighted by molar-refractivity contribution is -0.384. The number of rotatable bonds is 4. The van der Waals surface area contributed by atoms with Crippen molar-refractivity contribution in [2.24, 2.45) is 11.8 Å². The highest BCUT2D eigenvalue weighted by atomic mass is 19.1. The number of amides is 2. The molecule has 0 unspecified atom stereocenters. The second-order valence-electron chi connectivity index (χ2n) is 8.86. The minimum Gasteiger partial charge on any atom is -0.366 e. The molecule has 2 saturated heterocycles. The maximum absolute atomic E-state index is 14.1. The fraction of sp³-hybridized carbons (Fsp3) is 0.417. The summed E-state index contributed by atoms with van der Waals surface area (Å²) >= 11 is 0. The van der Waals surface area contributed by atoms with Crippen molar-refractivity contribution in [3.8, 4) is 0 Å². The third-order valence-electron chi connectivity index (χ3n) is 7.07. The lowest BCUT2D eigenvalue weighted by atomic mass is 9.81. The standard InChI is InChI=1S/C24H25FN4O4/c25-19-7-3-4-8-20(19)26-11-13-27(14-12-26)21-10-9-16(15-22(21)29(32)33)28-23(30)17-5-1-2-6-18(17)24(28)31/h3-4,7-10,15,17-18H,1-2,5-6,11-14H2/t17-,18-/m0/s1. The Morgan fingerprint density at radius 2 is 1.42 bits per heavy atom. The van der Waals surface area contributed by atoms with Crippen LogP contribution >= 0.6 is 0 Å². The molecule has 2 aliphatic heterocycles. The average Bonchev–Trinajstić information content (AvgIpc) is 3.09. The Balaban J connectivity index is 1.38. The maximum atomic E-state index is 14.1. The van der Waals surface area contributed by atoms with Gasteiger partial charge in [-0.25, -0.2) is 9.29 Å². The average molecular weight is 452 g/mol. The predicted octanol–water partition coefficient (Wildman–Crippen LogP) is 3.74. The van der Waals surface area contributed by atoms with Crippen molar-refractivity contribution in [1.29, 1.82) is 0 Å². The molecule has 2 atom stereocenters. The van der Waals surface area contributed by atoms with Gasteiger partial charge in [0.15, 0.2) is 0 Å². The van der Waals surface area contributed by atoms with Crippen LogP contribution in [0.3, 0.4) is 0 Å². The number of fused-ring (bicyclic) bond motifs is 1. The van der Waals surface area contributed by atoms with Gasteiger partial charge in [0.1, 0.15) is 11.5 Å². The van der Waals surface area contributed by atoms with Crippen LogP contribution in [0.25, 0.3) is 0 Å². The van der Waals surface area contributed by atoms with Crippen LogP contribution in [0.2, 0.25) is 0 Å². The molecule has 2 amide bonds. The van der Waals surface area contributed by atoms with E-state index >= 15 is 0 Å². The summed E-state index contributed by atoms with van der Waals surface area (Å²) in [5, 5.41) is 11.9. The van der Waals surface area contributed by atoms with Crippen LogP contribution in [0.15, 0.2) is 42.5 Å². The number of piperazine rings is 1. The second kappa shape index (κ2) is 8.46. The predicted molar refractivity (Wildman–Crippen MR) is 122 cm³/mol. The first-order valence-electron chi connectivity index (χ1n) is 11.4. The first kappa shape index (κ1) is 21.4. The molecular formula is C24H25FN4O4. The van der Waals surface area contributed by atoms with Gasteiger partial charge in [0.25, 0.3) is 5.69 Å². The van der Waals surface area contributed by atoms with E-state index in [1.54, 1.807) is 30.3 Å². The molecule has 0 radical (unpaired) electrons. The molecule has 3 aliphatic rings. The second-order valence-corrected chi connectivity index (χ2v) is 8.86. The summed E-state index contributed by atoms with van der Waals surface area (Å²) in [6, 6.07) is 11.2. The summed E-state index contributed by atoms with van der Waals surface area (Å²) in [5.41, 5.74) is 1.09. The molecule has 172 valence electrons. The Bertz CT molecular complexity index is 1090. The lowest BCUT2D eigenvalue weighted by Crippen LogP contribution is -2.47. The molecule has 0 N–H and O–H groups in total. The molecule has 0 spiro atoms. The normalized spacial score (nSPS) is 23.1. The highest BCUT2D eigenvalue weighted by Crippen LogP contribution is 2.42. The first-order chi connectivity index (χ1) is 16.0. The van der Waals surface area contributed by atoms with Crippen LogP contribution < -0.4 is 14.7 Å². The molecule has 1 aliphatic carbocycles. The summed E-state index contributed by atoms with van der Waals surface area (Å²) in [7, 11) is 0. The molecule has 2 heterocycles. The fourth-order valence-corrected chi connectivity index (χ4v) is 5.38. The zero-order valence-electron chi connectivity index (χ0n) is 18.2. The Labute approximate surface area is 190 Å². The van der Waals surface area contributed by atoms with E-state index in [1.165, 1.54) is 12.1 Å². The van der Waals surface area contributed by atoms with Gasteiger partial charge in [-0.3, -0.25) is 19.7 Å². The lowest BCUT2D eigenvalue weighted by Gasteiger charge is -2.37. The first-order valence-corrected chi connectivity index (χ1v) is 11.4. The van der Waals surface area contributed by atoms with E-state index in [-0.39, 0.29) is 40.8 Å². The van der Waals surface area contributed by atoms with Crippen LogP contribution in [-0.4, -0.2) is 42.9 Å². The number of nitrogens with zero attached hydrogens (tertiary/aromatic N) is 4. The third-order valence-corrected chi connectivity index (χ3v) is 7.07. The molecule has 2 aromatic rings. The van der Waals surface area contributed by atoms with Gasteiger partial charge >= 0.3 is 0 Å². The van der Waals surface area contributed by atoms with Crippen molar-refractivity contribution < 1.29 is 18.9 Å². The molecule has 3 fully saturated rings. The van der Waals surface area contributed by atoms with Crippen LogP contribution in [0, 0.1) is 27.8 Å². The van der Waals surface area contributed by atoms with Gasteiger partial charge in [-0.1, -0.05) is 25.0 Å². The Kier molecular flexibility index (Phi) is 5.47. The van der Waals surface area contributed by atoms with E-state index in [0.717, 1.165) is 17.7 Å². The number of halogens is 1. The molecule has 8 nitrogen and oxygen atoms in total. The SMILES string of the molecule is O=C1[C@H]2CCCC[C@@H]2C(=O)N1c1ccc(N2CCN(c3ccccc3F)CC2)c([N+](=O)[O-])c1. The maximum Gasteiger partial charge on any atom is 0.294 e. The highest BCUT2D eigenvalue weighted by Gasteiger charge is 2.49. The van der Waals surface area contributed by atoms with Crippen molar-refractivity contribution in [3.63, 3.8) is 0 Å². The minimum atomic E-state index is -0.472. The number of nitro groups is 1. The van der Waals surface area contributed by atoms with Crippen LogP contribution in [0.1, 0.15) is 25.7 Å². The van der Waals surface area contributed by atoms with Gasteiger partial charge in [-0.15, -0.1) is 0 Å². The van der Waals surface area contributed by atoms with Gasteiger partial charge in [0, 0.05) is 32.2 Å². The Morgan fingerprint density at radius 1 is 0.848 bits per heavy atom. The Morgan fingerprint density at radius 3 is 2.00 bits per heavy atom. The van der Waals surface area contributed by atoms with Crippen molar-refractivity contribution in [3.05, 3.63) is 58.4 Å². The minimum absolute atomic E-state index is 0.137. The number of nitro benzene ring substituents is 1. The summed E-state index contributed by atoms with van der Waals surface area (Å²) in [5.74, 6) is -1.40. The smallest absolute Gasteiger partial charge is 0.294 e. The van der Waals surface area contributed by atoms with Gasteiger partial charge < -0.3 is 9.80 Å². The number of benzene rings is 2. The van der Waals surface area contributed by atoms with E-state index in [0.29, 0.717) is 50.4 Å². The van der Waals surface area contributed by atoms with Crippen molar-refractivity contribution in [1.82, 2.24) is 0 Å². The van der Waals surface area contributed by atoms with E-state index in [1.807, 2.05) is 9.80 Å². The zero-order chi connectivity index (χ0) is 23.1. The number of imide groups is 1. The molecule has 0 aromatic heterocycles. The molecular weight excluding hydrogens is 427 g/mol. The number of para-hydroxylation sites is 1. The summed E-state index contributed by atoms with van der Waals surface area (Å²) < 4.78 is 14.1. The molecule has 2 aromatic carbocycles. The van der Waals surface area contributed by atoms with Gasteiger partial charge in [0.2, 0.25) is 11.8 Å². The number of carbonyl (C=O) groups is 2. The Hall–Kier alpha value is -3.49. The van der Waals surface area contributed by atoms with Crippen LogP contribution in [0.4, 0.5) is 27.1 Å². The van der Waals surface area contributed by atoms with Crippen molar-refractivity contribution >= 4 is 34.6 Å². The fourth-order valence-electron chi connectivity index (χ4n) is 5.38. The molecule has 1 saturated carbocycles. The quantitative estimate of drug-likeness (QED) is 0.399. The van der Waals surface area contributed by atoms with Crippen molar-refractivity contribution in [2.45, 2.75) is 25.7 Å². The number of hydrogen-bond donors (Lipinski definition) is 0. The number of anilines is 3. The number of hydrogen-bond acceptors (Lipinski definition) is 6. The van der Waals surface area contributed by atoms with E-state index in [9.17, 15) is 24.1 Å². The highest BCUT2D eigenvalue weighted by molar-refractivity contribution is 6.22. The largest absolute Gasteiger partial charge is 0.366 e. The van der Waals surface area contributed by atoms with Crippen LogP contribution in [-0.2, 0) is 9.59 Å². The summed E-state index contributed by atoms with van der Waals surface area (Å²) in [4.78, 5) is 42.2. The summed E-state index contributed by atoms with van der Waals surface area (Å²) in [6.45, 7) is 2.01. The molecule has 33 heavy (non-hydrogen) atoms. The van der Waals surface area contributed by atoms with Crippen molar-refractivity contribution in [2.75, 3.05) is 40.9 Å². The van der Waals surface area contributed by atoms with Gasteiger partial charge in [-0.2, -0.15) is 0 Å². The van der Waals surface area contributed by atoms with Crippen LogP contribution in [0.5, 0.6) is 0 Å². The van der Waals surface area contributed by atoms with Gasteiger partial charge in [-0.05, 0) is 37.1 Å². The number of carbonyl (C=O) groups excluding carboxylic acids is 2. The topological polar surface area (TPSA) is 87.0 Å². The molecule has 9 heteroatoms. The summed E-state index contributed by atoms with van der Waals surface area (Å²) in [6.07, 6.45) is 3.23. The third kappa shape index (κ3) is 3.71. The van der Waals surface area contributed by atoms with E-state index < -0.39 is 4.92 Å². The zero-order valence-corrected chi connectivity index (χ0v) is 18.2. The monoisotopic (exact) mass is 452 g/mol. The van der Waals surface area contributed by atoms with E-state index in [4.69, 9.17) is 0 Å².